The van der Waals surface area contributed by atoms with Gasteiger partial charge in [-0.25, -0.2) is 4.98 Å². The summed E-state index contributed by atoms with van der Waals surface area (Å²) in [7, 11) is 1.57. The lowest BCUT2D eigenvalue weighted by Crippen LogP contribution is -2.46. The van der Waals surface area contributed by atoms with E-state index in [0.717, 1.165) is 36.2 Å². The molecule has 2 fully saturated rings. The highest BCUT2D eigenvalue weighted by atomic mass is 16.5. The van der Waals surface area contributed by atoms with Crippen LogP contribution in [0.2, 0.25) is 0 Å². The molecule has 170 valence electrons. The zero-order chi connectivity index (χ0) is 22.6. The average Bonchev–Trinajstić information content (AvgIpc) is 2.84. The first kappa shape index (κ1) is 22.4. The molecule has 1 atom stereocenters. The predicted molar refractivity (Wildman–Crippen MR) is 119 cm³/mol. The van der Waals surface area contributed by atoms with Crippen molar-refractivity contribution in [1.82, 2.24) is 20.2 Å². The van der Waals surface area contributed by atoms with E-state index in [1.165, 1.54) is 0 Å². The molecule has 1 aliphatic heterocycles. The quantitative estimate of drug-likeness (QED) is 0.743. The van der Waals surface area contributed by atoms with Crippen LogP contribution in [0.25, 0.3) is 11.3 Å². The second-order valence-corrected chi connectivity index (χ2v) is 8.62. The van der Waals surface area contributed by atoms with Crippen LogP contribution in [0.3, 0.4) is 0 Å². The molecule has 4 rings (SSSR count). The molecule has 3 heterocycles. The third kappa shape index (κ3) is 5.14. The molecule has 0 aromatic carbocycles. The Bertz CT molecular complexity index is 957. The fraction of sp³-hybridized carbons (Fsp3) is 0.500. The largest absolute Gasteiger partial charge is 0.389 e. The van der Waals surface area contributed by atoms with Gasteiger partial charge in [-0.3, -0.25) is 14.6 Å². The average molecular weight is 439 g/mol. The molecule has 0 spiro atoms. The van der Waals surface area contributed by atoms with Crippen LogP contribution in [0.5, 0.6) is 0 Å². The van der Waals surface area contributed by atoms with Crippen LogP contribution in [-0.4, -0.2) is 64.1 Å². The minimum absolute atomic E-state index is 0.0205. The monoisotopic (exact) mass is 438 g/mol. The first-order valence-electron chi connectivity index (χ1n) is 11.2. The fourth-order valence-electron chi connectivity index (χ4n) is 4.43. The highest BCUT2D eigenvalue weighted by Crippen LogP contribution is 2.32. The number of pyridine rings is 2. The number of carbonyl (C=O) groups is 2. The van der Waals surface area contributed by atoms with E-state index in [1.807, 2.05) is 24.3 Å². The SMILES string of the molecule is CNC(=O)c1ccc(-c2cccc([C@H]3CN(C(=O)CC4(O)CCCCC4)CCO3)n2)cn1. The number of morpholine rings is 1. The molecule has 1 saturated carbocycles. The van der Waals surface area contributed by atoms with Crippen LogP contribution in [0.1, 0.15) is 60.8 Å². The molecule has 0 bridgehead atoms. The number of hydrogen-bond acceptors (Lipinski definition) is 6. The Morgan fingerprint density at radius 1 is 1.22 bits per heavy atom. The summed E-state index contributed by atoms with van der Waals surface area (Å²) in [6.07, 6.45) is 5.95. The van der Waals surface area contributed by atoms with Crippen molar-refractivity contribution < 1.29 is 19.4 Å². The second-order valence-electron chi connectivity index (χ2n) is 8.62. The minimum Gasteiger partial charge on any atom is -0.389 e. The lowest BCUT2D eigenvalue weighted by molar-refractivity contribution is -0.145. The number of rotatable bonds is 5. The van der Waals surface area contributed by atoms with Gasteiger partial charge in [0, 0.05) is 25.4 Å². The Morgan fingerprint density at radius 2 is 2.03 bits per heavy atom. The van der Waals surface area contributed by atoms with Gasteiger partial charge in [-0.15, -0.1) is 0 Å². The van der Waals surface area contributed by atoms with Crippen molar-refractivity contribution in [3.05, 3.63) is 47.9 Å². The zero-order valence-electron chi connectivity index (χ0n) is 18.4. The summed E-state index contributed by atoms with van der Waals surface area (Å²) in [4.78, 5) is 35.3. The summed E-state index contributed by atoms with van der Waals surface area (Å²) in [5.74, 6) is -0.260. The number of hydrogen-bond donors (Lipinski definition) is 2. The molecule has 2 N–H and O–H groups in total. The number of nitrogens with zero attached hydrogens (tertiary/aromatic N) is 3. The van der Waals surface area contributed by atoms with Gasteiger partial charge in [-0.2, -0.15) is 0 Å². The number of amides is 2. The first-order valence-corrected chi connectivity index (χ1v) is 11.2. The van der Waals surface area contributed by atoms with Crippen LogP contribution in [0.15, 0.2) is 36.5 Å². The highest BCUT2D eigenvalue weighted by molar-refractivity contribution is 5.92. The van der Waals surface area contributed by atoms with Gasteiger partial charge >= 0.3 is 0 Å². The van der Waals surface area contributed by atoms with Crippen LogP contribution in [-0.2, 0) is 9.53 Å². The van der Waals surface area contributed by atoms with Crippen molar-refractivity contribution >= 4 is 11.8 Å². The van der Waals surface area contributed by atoms with E-state index >= 15 is 0 Å². The molecule has 8 heteroatoms. The van der Waals surface area contributed by atoms with Crippen LogP contribution in [0, 0.1) is 0 Å². The van der Waals surface area contributed by atoms with Gasteiger partial charge in [-0.05, 0) is 37.1 Å². The Hall–Kier alpha value is -2.84. The lowest BCUT2D eigenvalue weighted by Gasteiger charge is -2.37. The molecular weight excluding hydrogens is 408 g/mol. The zero-order valence-corrected chi connectivity index (χ0v) is 18.4. The molecular formula is C24H30N4O4. The maximum Gasteiger partial charge on any atom is 0.269 e. The normalized spacial score (nSPS) is 20.6. The third-order valence-corrected chi connectivity index (χ3v) is 6.30. The van der Waals surface area contributed by atoms with Gasteiger partial charge in [0.15, 0.2) is 0 Å². The Kier molecular flexibility index (Phi) is 6.81. The van der Waals surface area contributed by atoms with Crippen molar-refractivity contribution in [3.63, 3.8) is 0 Å². The summed E-state index contributed by atoms with van der Waals surface area (Å²) in [6.45, 7) is 1.37. The standard InChI is InChI=1S/C24H30N4O4/c1-25-23(30)20-9-8-17(15-26-20)18-6-5-7-19(27-18)21-16-28(12-13-32-21)22(29)14-24(31)10-3-2-4-11-24/h5-9,15,21,31H,2-4,10-14,16H2,1H3,(H,25,30)/t21-/m1/s1. The Labute approximate surface area is 188 Å². The van der Waals surface area contributed by atoms with E-state index in [2.05, 4.69) is 10.3 Å². The van der Waals surface area contributed by atoms with E-state index in [9.17, 15) is 14.7 Å². The molecule has 2 aliphatic rings. The Morgan fingerprint density at radius 3 is 2.75 bits per heavy atom. The van der Waals surface area contributed by atoms with Gasteiger partial charge in [0.05, 0.1) is 36.6 Å². The molecule has 1 aliphatic carbocycles. The van der Waals surface area contributed by atoms with Crippen LogP contribution < -0.4 is 5.32 Å². The molecule has 32 heavy (non-hydrogen) atoms. The van der Waals surface area contributed by atoms with E-state index in [0.29, 0.717) is 38.2 Å². The van der Waals surface area contributed by atoms with E-state index in [4.69, 9.17) is 9.72 Å². The van der Waals surface area contributed by atoms with Crippen molar-refractivity contribution in [2.24, 2.45) is 0 Å². The van der Waals surface area contributed by atoms with Crippen LogP contribution in [0.4, 0.5) is 0 Å². The van der Waals surface area contributed by atoms with Gasteiger partial charge in [0.25, 0.3) is 5.91 Å². The summed E-state index contributed by atoms with van der Waals surface area (Å²) < 4.78 is 5.93. The number of aliphatic hydroxyl groups is 1. The van der Waals surface area contributed by atoms with Crippen molar-refractivity contribution in [1.29, 1.82) is 0 Å². The number of ether oxygens (including phenoxy) is 1. The molecule has 2 aromatic heterocycles. The maximum atomic E-state index is 12.9. The molecule has 2 aromatic rings. The fourth-order valence-corrected chi connectivity index (χ4v) is 4.43. The summed E-state index contributed by atoms with van der Waals surface area (Å²) >= 11 is 0. The lowest BCUT2D eigenvalue weighted by atomic mass is 9.82. The highest BCUT2D eigenvalue weighted by Gasteiger charge is 2.35. The van der Waals surface area contributed by atoms with E-state index < -0.39 is 5.60 Å². The molecule has 0 unspecified atom stereocenters. The van der Waals surface area contributed by atoms with Gasteiger partial charge in [0.2, 0.25) is 5.91 Å². The van der Waals surface area contributed by atoms with Gasteiger partial charge in [-0.1, -0.05) is 25.3 Å². The van der Waals surface area contributed by atoms with Gasteiger partial charge < -0.3 is 20.1 Å². The predicted octanol–water partition coefficient (Wildman–Crippen LogP) is 2.49. The Balaban J connectivity index is 1.44. The molecule has 8 nitrogen and oxygen atoms in total. The van der Waals surface area contributed by atoms with Crippen molar-refractivity contribution in [2.75, 3.05) is 26.7 Å². The second kappa shape index (κ2) is 9.75. The summed E-state index contributed by atoms with van der Waals surface area (Å²) in [5.41, 5.74) is 1.74. The molecule has 1 saturated heterocycles. The molecule has 0 radical (unpaired) electrons. The summed E-state index contributed by atoms with van der Waals surface area (Å²) in [5, 5.41) is 13.3. The minimum atomic E-state index is -0.866. The third-order valence-electron chi connectivity index (χ3n) is 6.30. The summed E-state index contributed by atoms with van der Waals surface area (Å²) in [6, 6.07) is 9.15. The van der Waals surface area contributed by atoms with Gasteiger partial charge in [0.1, 0.15) is 11.8 Å². The topological polar surface area (TPSA) is 105 Å². The molecule has 2 amide bonds. The van der Waals surface area contributed by atoms with Crippen LogP contribution >= 0.6 is 0 Å². The van der Waals surface area contributed by atoms with Crippen molar-refractivity contribution in [2.45, 2.75) is 50.2 Å². The number of carbonyl (C=O) groups excluding carboxylic acids is 2. The van der Waals surface area contributed by atoms with E-state index in [1.54, 1.807) is 24.2 Å². The number of aromatic nitrogens is 2. The smallest absolute Gasteiger partial charge is 0.269 e. The first-order chi connectivity index (χ1) is 15.5. The van der Waals surface area contributed by atoms with E-state index in [-0.39, 0.29) is 24.3 Å². The van der Waals surface area contributed by atoms with Crippen molar-refractivity contribution in [3.8, 4) is 11.3 Å². The number of nitrogens with one attached hydrogen (secondary N) is 1. The maximum absolute atomic E-state index is 12.9.